The summed E-state index contributed by atoms with van der Waals surface area (Å²) < 4.78 is 39.2. The second-order valence-electron chi connectivity index (χ2n) is 6.86. The number of imidazole rings is 1. The fourth-order valence-electron chi connectivity index (χ4n) is 3.95. The number of aromatic amines is 1. The summed E-state index contributed by atoms with van der Waals surface area (Å²) in [5, 5.41) is 2.50. The van der Waals surface area contributed by atoms with Crippen molar-refractivity contribution in [1.82, 2.24) is 29.6 Å². The Bertz CT molecular complexity index is 899. The van der Waals surface area contributed by atoms with Crippen molar-refractivity contribution in [3.05, 3.63) is 30.4 Å². The number of fused-ring (bicyclic) bond motifs is 3. The monoisotopic (exact) mass is 366 g/mol. The highest BCUT2D eigenvalue weighted by Gasteiger charge is 2.35. The summed E-state index contributed by atoms with van der Waals surface area (Å²) in [5.74, 6) is 0.605. The van der Waals surface area contributed by atoms with Crippen molar-refractivity contribution in [2.24, 2.45) is 5.92 Å². The number of alkyl halides is 3. The van der Waals surface area contributed by atoms with E-state index in [0.29, 0.717) is 12.5 Å². The van der Waals surface area contributed by atoms with Gasteiger partial charge in [0.2, 0.25) is 0 Å². The third kappa shape index (κ3) is 3.16. The summed E-state index contributed by atoms with van der Waals surface area (Å²) in [6.07, 6.45) is 2.25. The maximum Gasteiger partial charge on any atom is 0.401 e. The molecule has 0 saturated carbocycles. The van der Waals surface area contributed by atoms with E-state index in [-0.39, 0.29) is 12.6 Å². The van der Waals surface area contributed by atoms with Gasteiger partial charge in [0.05, 0.1) is 18.3 Å². The van der Waals surface area contributed by atoms with E-state index < -0.39 is 12.7 Å². The lowest BCUT2D eigenvalue weighted by Gasteiger charge is -2.17. The Hall–Kier alpha value is -2.13. The Morgan fingerprint density at radius 1 is 1.27 bits per heavy atom. The zero-order valence-corrected chi connectivity index (χ0v) is 14.4. The van der Waals surface area contributed by atoms with Crippen LogP contribution in [0.5, 0.6) is 0 Å². The van der Waals surface area contributed by atoms with Crippen LogP contribution in [0.3, 0.4) is 0 Å². The molecule has 4 rings (SSSR count). The minimum Gasteiger partial charge on any atom is -0.345 e. The van der Waals surface area contributed by atoms with Crippen LogP contribution in [0.2, 0.25) is 0 Å². The number of rotatable bonds is 5. The van der Waals surface area contributed by atoms with Crippen molar-refractivity contribution in [1.29, 1.82) is 0 Å². The molecule has 0 spiro atoms. The number of likely N-dealkylation sites (tertiary alicyclic amines) is 1. The molecule has 1 aliphatic heterocycles. The molecule has 3 aromatic rings. The highest BCUT2D eigenvalue weighted by atomic mass is 19.4. The Balaban J connectivity index is 1.58. The number of aromatic nitrogens is 4. The summed E-state index contributed by atoms with van der Waals surface area (Å²) in [5.41, 5.74) is 3.65. The summed E-state index contributed by atoms with van der Waals surface area (Å²) >= 11 is 0. The van der Waals surface area contributed by atoms with Gasteiger partial charge in [0.1, 0.15) is 0 Å². The number of halogens is 3. The van der Waals surface area contributed by atoms with Gasteiger partial charge >= 0.3 is 6.18 Å². The first-order valence-electron chi connectivity index (χ1n) is 8.75. The van der Waals surface area contributed by atoms with E-state index in [0.717, 1.165) is 35.5 Å². The largest absolute Gasteiger partial charge is 0.401 e. The number of hydrogen-bond acceptors (Lipinski definition) is 4. The molecule has 2 N–H and O–H groups in total. The third-order valence-electron chi connectivity index (χ3n) is 5.15. The molecular formula is C17H21F3N6. The van der Waals surface area contributed by atoms with Crippen LogP contribution in [0.4, 0.5) is 13.2 Å². The van der Waals surface area contributed by atoms with Gasteiger partial charge in [0.25, 0.3) is 0 Å². The van der Waals surface area contributed by atoms with E-state index in [4.69, 9.17) is 0 Å². The number of H-pyrrole nitrogens is 1. The fourth-order valence-corrected chi connectivity index (χ4v) is 3.95. The van der Waals surface area contributed by atoms with Crippen LogP contribution in [-0.2, 0) is 0 Å². The van der Waals surface area contributed by atoms with Crippen LogP contribution >= 0.6 is 0 Å². The van der Waals surface area contributed by atoms with Gasteiger partial charge in [-0.3, -0.25) is 14.6 Å². The second kappa shape index (κ2) is 6.55. The van der Waals surface area contributed by atoms with Crippen LogP contribution in [0, 0.1) is 5.92 Å². The highest BCUT2D eigenvalue weighted by molar-refractivity contribution is 5.74. The quantitative estimate of drug-likeness (QED) is 0.729. The molecule has 2 atom stereocenters. The summed E-state index contributed by atoms with van der Waals surface area (Å²) in [4.78, 5) is 14.0. The maximum absolute atomic E-state index is 12.4. The van der Waals surface area contributed by atoms with Crippen LogP contribution in [-0.4, -0.2) is 56.7 Å². The number of hydrogen-bond donors (Lipinski definition) is 2. The lowest BCUT2D eigenvalue weighted by atomic mass is 9.91. The van der Waals surface area contributed by atoms with Gasteiger partial charge in [-0.15, -0.1) is 0 Å². The molecule has 0 aliphatic carbocycles. The maximum atomic E-state index is 12.4. The van der Waals surface area contributed by atoms with E-state index in [2.05, 4.69) is 36.5 Å². The minimum absolute atomic E-state index is 0.225. The molecule has 1 fully saturated rings. The topological polar surface area (TPSA) is 61.2 Å². The summed E-state index contributed by atoms with van der Waals surface area (Å²) in [7, 11) is 0. The van der Waals surface area contributed by atoms with Crippen molar-refractivity contribution >= 4 is 16.8 Å². The molecule has 140 valence electrons. The lowest BCUT2D eigenvalue weighted by Crippen LogP contribution is -2.38. The number of nitrogens with zero attached hydrogens (tertiary/aromatic N) is 4. The van der Waals surface area contributed by atoms with Crippen molar-refractivity contribution < 1.29 is 13.2 Å². The molecule has 1 saturated heterocycles. The van der Waals surface area contributed by atoms with Crippen LogP contribution in [0.25, 0.3) is 16.8 Å². The molecule has 0 bridgehead atoms. The van der Waals surface area contributed by atoms with Gasteiger partial charge in [-0.2, -0.15) is 13.2 Å². The van der Waals surface area contributed by atoms with Crippen LogP contribution in [0.15, 0.2) is 24.7 Å². The molecule has 0 amide bonds. The van der Waals surface area contributed by atoms with Gasteiger partial charge < -0.3 is 4.98 Å². The normalized spacial score (nSPS) is 22.0. The van der Waals surface area contributed by atoms with E-state index in [1.54, 1.807) is 6.20 Å². The van der Waals surface area contributed by atoms with Gasteiger partial charge in [0, 0.05) is 43.8 Å². The Morgan fingerprint density at radius 3 is 2.88 bits per heavy atom. The van der Waals surface area contributed by atoms with Crippen molar-refractivity contribution in [2.45, 2.75) is 25.4 Å². The zero-order chi connectivity index (χ0) is 18.3. The molecule has 4 heterocycles. The first-order valence-corrected chi connectivity index (χ1v) is 8.75. The predicted molar refractivity (Wildman–Crippen MR) is 91.9 cm³/mol. The van der Waals surface area contributed by atoms with Gasteiger partial charge in [0.15, 0.2) is 11.3 Å². The van der Waals surface area contributed by atoms with Gasteiger partial charge in [-0.25, -0.2) is 9.97 Å². The van der Waals surface area contributed by atoms with Crippen molar-refractivity contribution in [3.8, 4) is 0 Å². The number of nitrogens with one attached hydrogen (secondary N) is 2. The van der Waals surface area contributed by atoms with Crippen LogP contribution in [0.1, 0.15) is 25.0 Å². The van der Waals surface area contributed by atoms with E-state index in [1.165, 1.54) is 0 Å². The van der Waals surface area contributed by atoms with Crippen LogP contribution < -0.4 is 5.32 Å². The van der Waals surface area contributed by atoms with Crippen molar-refractivity contribution in [3.63, 3.8) is 0 Å². The van der Waals surface area contributed by atoms with Gasteiger partial charge in [-0.05, 0) is 12.0 Å². The molecule has 26 heavy (non-hydrogen) atoms. The van der Waals surface area contributed by atoms with E-state index in [1.807, 2.05) is 18.5 Å². The summed E-state index contributed by atoms with van der Waals surface area (Å²) in [6.45, 7) is 2.90. The minimum atomic E-state index is -4.18. The second-order valence-corrected chi connectivity index (χ2v) is 6.86. The smallest absolute Gasteiger partial charge is 0.345 e. The molecule has 1 unspecified atom stereocenters. The van der Waals surface area contributed by atoms with E-state index in [9.17, 15) is 13.2 Å². The average molecular weight is 366 g/mol. The Labute approximate surface area is 148 Å². The zero-order valence-electron chi connectivity index (χ0n) is 14.4. The molecule has 0 aromatic carbocycles. The predicted octanol–water partition coefficient (Wildman–Crippen LogP) is 2.75. The Morgan fingerprint density at radius 2 is 2.12 bits per heavy atom. The summed E-state index contributed by atoms with van der Waals surface area (Å²) in [6, 6.07) is 1.97. The standard InChI is InChI=1S/C17H21F3N6/c1-2-11-7-25(10-21-9-17(18,19)20)8-12(11)14-5-23-15-6-24-16-13(26(14)15)3-4-22-16/h3-6,11-12,21-22H,2,7-10H2,1H3/t11-,12?/m1/s1. The SMILES string of the molecule is CC[C@@H]1CN(CNCC(F)(F)F)CC1c1cnc2cnc3[nH]ccc3n12. The highest BCUT2D eigenvalue weighted by Crippen LogP contribution is 2.35. The fraction of sp³-hybridized carbons (Fsp3) is 0.529. The third-order valence-corrected chi connectivity index (χ3v) is 5.15. The lowest BCUT2D eigenvalue weighted by molar-refractivity contribution is -0.126. The average Bonchev–Trinajstić information content (AvgIpc) is 3.29. The Kier molecular flexibility index (Phi) is 4.36. The molecule has 9 heteroatoms. The van der Waals surface area contributed by atoms with Gasteiger partial charge in [-0.1, -0.05) is 13.3 Å². The molecule has 0 radical (unpaired) electrons. The molecule has 6 nitrogen and oxygen atoms in total. The van der Waals surface area contributed by atoms with E-state index >= 15 is 0 Å². The van der Waals surface area contributed by atoms with Crippen molar-refractivity contribution in [2.75, 3.05) is 26.3 Å². The molecule has 3 aromatic heterocycles. The molecule has 1 aliphatic rings. The first kappa shape index (κ1) is 17.3. The first-order chi connectivity index (χ1) is 12.5. The molecular weight excluding hydrogens is 345 g/mol.